The van der Waals surface area contributed by atoms with Crippen LogP contribution in [0.3, 0.4) is 0 Å². The topological polar surface area (TPSA) is 108 Å². The van der Waals surface area contributed by atoms with Gasteiger partial charge in [0.2, 0.25) is 0 Å². The highest BCUT2D eigenvalue weighted by molar-refractivity contribution is 6.30. The second-order valence-corrected chi connectivity index (χ2v) is 6.75. The predicted molar refractivity (Wildman–Crippen MR) is 116 cm³/mol. The van der Waals surface area contributed by atoms with Crippen LogP contribution in [0.15, 0.2) is 78.2 Å². The molecule has 1 aliphatic rings. The summed E-state index contributed by atoms with van der Waals surface area (Å²) in [6.45, 7) is 0. The quantitative estimate of drug-likeness (QED) is 0.354. The molecule has 0 saturated carbocycles. The summed E-state index contributed by atoms with van der Waals surface area (Å²) >= 11 is 5.88. The molecule has 0 unspecified atom stereocenters. The number of benzene rings is 2. The molecule has 0 aromatic heterocycles. The molecule has 0 fully saturated rings. The second kappa shape index (κ2) is 9.80. The molecule has 1 aliphatic heterocycles. The molecular formula is C22H17ClN2O7. The fourth-order valence-corrected chi connectivity index (χ4v) is 3.00. The van der Waals surface area contributed by atoms with Crippen LogP contribution in [0.1, 0.15) is 0 Å². The van der Waals surface area contributed by atoms with E-state index in [-0.39, 0.29) is 28.4 Å². The number of non-ortho nitro benzene ring substituents is 1. The largest absolute Gasteiger partial charge is 0.465 e. The van der Waals surface area contributed by atoms with Gasteiger partial charge in [-0.05, 0) is 36.4 Å². The lowest BCUT2D eigenvalue weighted by Gasteiger charge is -2.23. The number of hydrogen-bond donors (Lipinski definition) is 0. The average Bonchev–Trinajstić information content (AvgIpc) is 3.02. The molecule has 3 rings (SSSR count). The zero-order chi connectivity index (χ0) is 23.3. The lowest BCUT2D eigenvalue weighted by molar-refractivity contribution is -0.384. The number of ether oxygens (including phenoxy) is 3. The molecule has 9 nitrogen and oxygen atoms in total. The van der Waals surface area contributed by atoms with E-state index in [0.29, 0.717) is 10.8 Å². The summed E-state index contributed by atoms with van der Waals surface area (Å²) in [6.07, 6.45) is 5.93. The molecule has 2 aromatic carbocycles. The predicted octanol–water partition coefficient (Wildman–Crippen LogP) is 4.53. The fraction of sp³-hybridized carbons (Fsp3) is 0.0909. The zero-order valence-corrected chi connectivity index (χ0v) is 17.7. The Hall–Kier alpha value is -4.11. The average molecular weight is 457 g/mol. The third-order valence-electron chi connectivity index (χ3n) is 4.30. The number of methoxy groups -OCH3 is 2. The molecule has 0 radical (unpaired) electrons. The molecule has 0 N–H and O–H groups in total. The number of rotatable bonds is 6. The highest BCUT2D eigenvalue weighted by atomic mass is 35.5. The van der Waals surface area contributed by atoms with E-state index in [1.165, 1.54) is 48.6 Å². The lowest BCUT2D eigenvalue weighted by Crippen LogP contribution is -2.27. The van der Waals surface area contributed by atoms with Gasteiger partial charge in [0.05, 0.1) is 36.5 Å². The highest BCUT2D eigenvalue weighted by Gasteiger charge is 2.28. The van der Waals surface area contributed by atoms with Gasteiger partial charge in [-0.25, -0.2) is 9.59 Å². The van der Waals surface area contributed by atoms with Crippen molar-refractivity contribution in [1.29, 1.82) is 0 Å². The first-order chi connectivity index (χ1) is 15.3. The molecule has 10 heteroatoms. The molecule has 2 aromatic rings. The minimum Gasteiger partial charge on any atom is -0.465 e. The molecule has 0 amide bonds. The first-order valence-corrected chi connectivity index (χ1v) is 9.49. The summed E-state index contributed by atoms with van der Waals surface area (Å²) < 4.78 is 15.4. The van der Waals surface area contributed by atoms with E-state index in [2.05, 4.69) is 0 Å². The van der Waals surface area contributed by atoms with Crippen molar-refractivity contribution in [2.45, 2.75) is 0 Å². The van der Waals surface area contributed by atoms with Crippen LogP contribution in [0.25, 0.3) is 0 Å². The number of nitrogens with zero attached hydrogens (tertiary/aromatic N) is 2. The van der Waals surface area contributed by atoms with Crippen molar-refractivity contribution in [2.75, 3.05) is 19.1 Å². The van der Waals surface area contributed by atoms with Crippen LogP contribution in [0.2, 0.25) is 5.02 Å². The Labute approximate surface area is 187 Å². The number of allylic oxidation sites excluding steroid dienone is 2. The van der Waals surface area contributed by atoms with E-state index in [9.17, 15) is 19.7 Å². The Kier molecular flexibility index (Phi) is 6.91. The van der Waals surface area contributed by atoms with Crippen LogP contribution < -0.4 is 9.64 Å². The molecule has 0 spiro atoms. The SMILES string of the molecule is COC(=O)C1=C(C(=O)OC)N(c2cc(Oc3ccc(Cl)cc3)cc([N+](=O)[O-])c2)C=CC=C1. The van der Waals surface area contributed by atoms with Crippen LogP contribution in [-0.4, -0.2) is 31.1 Å². The van der Waals surface area contributed by atoms with Gasteiger partial charge in [0.15, 0.2) is 0 Å². The molecule has 0 atom stereocenters. The molecule has 32 heavy (non-hydrogen) atoms. The maximum absolute atomic E-state index is 12.6. The van der Waals surface area contributed by atoms with Crippen LogP contribution in [-0.2, 0) is 19.1 Å². The van der Waals surface area contributed by atoms with Crippen molar-refractivity contribution < 1.29 is 28.7 Å². The monoisotopic (exact) mass is 456 g/mol. The van der Waals surface area contributed by atoms with Crippen LogP contribution >= 0.6 is 11.6 Å². The summed E-state index contributed by atoms with van der Waals surface area (Å²) in [5, 5.41) is 12.1. The van der Waals surface area contributed by atoms with Gasteiger partial charge < -0.3 is 19.1 Å². The number of nitro groups is 1. The van der Waals surface area contributed by atoms with Gasteiger partial charge in [-0.15, -0.1) is 0 Å². The van der Waals surface area contributed by atoms with Crippen LogP contribution in [0.4, 0.5) is 11.4 Å². The Morgan fingerprint density at radius 2 is 1.66 bits per heavy atom. The minimum atomic E-state index is -0.840. The van der Waals surface area contributed by atoms with E-state index in [0.717, 1.165) is 7.11 Å². The van der Waals surface area contributed by atoms with Gasteiger partial charge in [0.25, 0.3) is 5.69 Å². The highest BCUT2D eigenvalue weighted by Crippen LogP contribution is 2.35. The number of carbonyl (C=O) groups is 2. The minimum absolute atomic E-state index is 0.0870. The first kappa shape index (κ1) is 22.6. The summed E-state index contributed by atoms with van der Waals surface area (Å²) in [5.74, 6) is -1.09. The van der Waals surface area contributed by atoms with E-state index in [4.69, 9.17) is 25.8 Å². The van der Waals surface area contributed by atoms with Gasteiger partial charge in [0, 0.05) is 23.4 Å². The summed E-state index contributed by atoms with van der Waals surface area (Å²) in [6, 6.07) is 10.4. The Morgan fingerprint density at radius 3 is 2.28 bits per heavy atom. The molecule has 164 valence electrons. The van der Waals surface area contributed by atoms with Crippen molar-refractivity contribution in [2.24, 2.45) is 0 Å². The number of anilines is 1. The fourth-order valence-electron chi connectivity index (χ4n) is 2.88. The third kappa shape index (κ3) is 4.96. The van der Waals surface area contributed by atoms with Gasteiger partial charge in [-0.3, -0.25) is 10.1 Å². The van der Waals surface area contributed by atoms with Crippen molar-refractivity contribution >= 4 is 34.9 Å². The van der Waals surface area contributed by atoms with Crippen LogP contribution in [0, 0.1) is 10.1 Å². The summed E-state index contributed by atoms with van der Waals surface area (Å²) in [5.41, 5.74) is -0.371. The number of halogens is 1. The Bertz CT molecular complexity index is 1150. The van der Waals surface area contributed by atoms with Crippen molar-refractivity contribution in [3.8, 4) is 11.5 Å². The maximum atomic E-state index is 12.6. The molecular weight excluding hydrogens is 440 g/mol. The summed E-state index contributed by atoms with van der Waals surface area (Å²) in [7, 11) is 2.33. The number of nitro benzene ring substituents is 1. The first-order valence-electron chi connectivity index (χ1n) is 9.12. The van der Waals surface area contributed by atoms with Gasteiger partial charge in [-0.1, -0.05) is 17.7 Å². The van der Waals surface area contributed by atoms with E-state index >= 15 is 0 Å². The number of carbonyl (C=O) groups excluding carboxylic acids is 2. The van der Waals surface area contributed by atoms with Gasteiger partial charge in [0.1, 0.15) is 17.2 Å². The molecule has 0 bridgehead atoms. The second-order valence-electron chi connectivity index (χ2n) is 6.31. The Balaban J connectivity index is 2.15. The standard InChI is InChI=1S/C22H17ClN2O7/c1-30-21(26)19-5-3-4-10-24(20(19)22(27)31-2)15-11-16(25(28)29)13-18(12-15)32-17-8-6-14(23)7-9-17/h3-13H,1-2H3. The van der Waals surface area contributed by atoms with Crippen LogP contribution in [0.5, 0.6) is 11.5 Å². The van der Waals surface area contributed by atoms with E-state index in [1.807, 2.05) is 0 Å². The lowest BCUT2D eigenvalue weighted by atomic mass is 10.1. The molecule has 1 heterocycles. The van der Waals surface area contributed by atoms with Crippen molar-refractivity contribution in [3.63, 3.8) is 0 Å². The van der Waals surface area contributed by atoms with Gasteiger partial charge >= 0.3 is 11.9 Å². The van der Waals surface area contributed by atoms with Crippen molar-refractivity contribution in [3.05, 3.63) is 93.3 Å². The Morgan fingerprint density at radius 1 is 0.969 bits per heavy atom. The van der Waals surface area contributed by atoms with E-state index < -0.39 is 16.9 Å². The molecule has 0 saturated heterocycles. The van der Waals surface area contributed by atoms with E-state index in [1.54, 1.807) is 30.3 Å². The number of esters is 2. The van der Waals surface area contributed by atoms with Crippen molar-refractivity contribution in [1.82, 2.24) is 0 Å². The zero-order valence-electron chi connectivity index (χ0n) is 17.0. The maximum Gasteiger partial charge on any atom is 0.355 e. The molecule has 0 aliphatic carbocycles. The summed E-state index contributed by atoms with van der Waals surface area (Å²) in [4.78, 5) is 37.1. The van der Waals surface area contributed by atoms with Gasteiger partial charge in [-0.2, -0.15) is 0 Å². The number of hydrogen-bond acceptors (Lipinski definition) is 8. The normalized spacial score (nSPS) is 12.9. The third-order valence-corrected chi connectivity index (χ3v) is 4.56. The smallest absolute Gasteiger partial charge is 0.355 e.